The van der Waals surface area contributed by atoms with E-state index in [9.17, 15) is 4.79 Å². The van der Waals surface area contributed by atoms with Crippen molar-refractivity contribution >= 4 is 32.6 Å². The summed E-state index contributed by atoms with van der Waals surface area (Å²) in [6, 6.07) is 9.98. The Kier molecular flexibility index (Phi) is 7.10. The fourth-order valence-corrected chi connectivity index (χ4v) is 4.81. The first-order valence-electron chi connectivity index (χ1n) is 10.6. The molecule has 3 aromatic rings. The molecule has 0 aliphatic rings. The van der Waals surface area contributed by atoms with Gasteiger partial charge in [-0.3, -0.25) is 9.69 Å². The van der Waals surface area contributed by atoms with Gasteiger partial charge < -0.3 is 9.64 Å². The second-order valence-corrected chi connectivity index (χ2v) is 8.72. The number of fused-ring (bicyclic) bond motifs is 1. The van der Waals surface area contributed by atoms with Crippen molar-refractivity contribution in [3.05, 3.63) is 52.6 Å². The predicted octanol–water partition coefficient (Wildman–Crippen LogP) is 3.80. The summed E-state index contributed by atoms with van der Waals surface area (Å²) in [7, 11) is 1.66. The highest BCUT2D eigenvalue weighted by Gasteiger charge is 2.25. The number of quaternary nitrogens is 1. The van der Waals surface area contributed by atoms with Crippen LogP contribution in [0.3, 0.4) is 0 Å². The van der Waals surface area contributed by atoms with Gasteiger partial charge in [0.15, 0.2) is 5.13 Å². The van der Waals surface area contributed by atoms with E-state index >= 15 is 0 Å². The molecule has 0 aliphatic heterocycles. The van der Waals surface area contributed by atoms with E-state index in [1.54, 1.807) is 18.4 Å². The maximum Gasteiger partial charge on any atom is 0.260 e. The number of hydrogen-bond acceptors (Lipinski definition) is 4. The number of benzene rings is 2. The lowest BCUT2D eigenvalue weighted by atomic mass is 10.0. The molecule has 30 heavy (non-hydrogen) atoms. The van der Waals surface area contributed by atoms with Gasteiger partial charge >= 0.3 is 0 Å². The van der Waals surface area contributed by atoms with Crippen LogP contribution >= 0.6 is 11.3 Å². The average Bonchev–Trinajstić information content (AvgIpc) is 3.17. The molecule has 1 N–H and O–H groups in total. The molecule has 0 unspecified atom stereocenters. The van der Waals surface area contributed by atoms with Gasteiger partial charge in [0.05, 0.1) is 38.0 Å². The largest absolute Gasteiger partial charge is 0.494 e. The maximum absolute atomic E-state index is 13.6. The summed E-state index contributed by atoms with van der Waals surface area (Å²) in [4.78, 5) is 21.8. The van der Waals surface area contributed by atoms with Gasteiger partial charge in [0.2, 0.25) is 0 Å². The van der Waals surface area contributed by atoms with Crippen molar-refractivity contribution in [2.75, 3.05) is 38.2 Å². The third-order valence-electron chi connectivity index (χ3n) is 5.69. The Bertz CT molecular complexity index is 1040. The van der Waals surface area contributed by atoms with Crippen molar-refractivity contribution in [2.24, 2.45) is 0 Å². The lowest BCUT2D eigenvalue weighted by molar-refractivity contribution is -0.894. The number of carbonyl (C=O) groups is 1. The zero-order valence-corrected chi connectivity index (χ0v) is 19.7. The molecule has 0 atom stereocenters. The van der Waals surface area contributed by atoms with E-state index in [0.717, 1.165) is 63.0 Å². The second kappa shape index (κ2) is 9.58. The smallest absolute Gasteiger partial charge is 0.260 e. The van der Waals surface area contributed by atoms with Crippen molar-refractivity contribution in [3.63, 3.8) is 0 Å². The van der Waals surface area contributed by atoms with E-state index in [4.69, 9.17) is 9.72 Å². The molecule has 5 nitrogen and oxygen atoms in total. The molecule has 0 saturated carbocycles. The topological polar surface area (TPSA) is 46.9 Å². The number of aromatic nitrogens is 1. The molecule has 0 bridgehead atoms. The third kappa shape index (κ3) is 4.50. The molecule has 2 aromatic carbocycles. The Balaban J connectivity index is 2.06. The van der Waals surface area contributed by atoms with Crippen LogP contribution < -0.4 is 14.5 Å². The zero-order valence-electron chi connectivity index (χ0n) is 18.8. The summed E-state index contributed by atoms with van der Waals surface area (Å²) in [5.74, 6) is 0.751. The molecule has 0 fully saturated rings. The third-order valence-corrected chi connectivity index (χ3v) is 6.90. The first-order chi connectivity index (χ1) is 14.4. The number of anilines is 1. The van der Waals surface area contributed by atoms with Crippen LogP contribution in [-0.2, 0) is 0 Å². The summed E-state index contributed by atoms with van der Waals surface area (Å²) in [6.45, 7) is 14.1. The van der Waals surface area contributed by atoms with Crippen LogP contribution in [0.2, 0.25) is 0 Å². The van der Waals surface area contributed by atoms with Crippen LogP contribution in [0.15, 0.2) is 30.3 Å². The number of hydrogen-bond donors (Lipinski definition) is 1. The van der Waals surface area contributed by atoms with Crippen LogP contribution in [-0.4, -0.2) is 44.2 Å². The van der Waals surface area contributed by atoms with Crippen LogP contribution in [0.1, 0.15) is 40.9 Å². The number of methoxy groups -OCH3 is 1. The number of rotatable bonds is 8. The average molecular weight is 427 g/mol. The molecule has 1 amide bonds. The first-order valence-corrected chi connectivity index (χ1v) is 11.4. The van der Waals surface area contributed by atoms with Crippen LogP contribution in [0.4, 0.5) is 5.13 Å². The van der Waals surface area contributed by atoms with Crippen LogP contribution in [0, 0.1) is 20.8 Å². The molecule has 3 rings (SSSR count). The number of aryl methyl sites for hydroxylation is 3. The highest BCUT2D eigenvalue weighted by atomic mass is 32.1. The lowest BCUT2D eigenvalue weighted by Gasteiger charge is -2.23. The summed E-state index contributed by atoms with van der Waals surface area (Å²) in [5.41, 5.74) is 4.85. The first kappa shape index (κ1) is 22.2. The Morgan fingerprint density at radius 3 is 2.47 bits per heavy atom. The van der Waals surface area contributed by atoms with E-state index in [1.165, 1.54) is 4.90 Å². The van der Waals surface area contributed by atoms with Crippen molar-refractivity contribution in [1.29, 1.82) is 0 Å². The molecule has 1 aromatic heterocycles. The maximum atomic E-state index is 13.6. The normalized spacial score (nSPS) is 11.3. The zero-order chi connectivity index (χ0) is 21.8. The second-order valence-electron chi connectivity index (χ2n) is 7.74. The van der Waals surface area contributed by atoms with Gasteiger partial charge in [0.25, 0.3) is 5.91 Å². The van der Waals surface area contributed by atoms with Crippen LogP contribution in [0.5, 0.6) is 5.75 Å². The van der Waals surface area contributed by atoms with E-state index in [1.807, 2.05) is 43.0 Å². The Labute approximate surface area is 183 Å². The number of likely N-dealkylation sites (N-methyl/N-ethyl adjacent to an activating group) is 1. The minimum absolute atomic E-state index is 0.00901. The Hall–Kier alpha value is -2.44. The molecular weight excluding hydrogens is 394 g/mol. The van der Waals surface area contributed by atoms with Gasteiger partial charge in [-0.1, -0.05) is 35.1 Å². The number of nitrogens with one attached hydrogen (secondary N) is 1. The number of nitrogens with zero attached hydrogens (tertiary/aromatic N) is 2. The van der Waals surface area contributed by atoms with Gasteiger partial charge in [-0.25, -0.2) is 4.98 Å². The van der Waals surface area contributed by atoms with E-state index in [2.05, 4.69) is 26.8 Å². The molecule has 0 spiro atoms. The lowest BCUT2D eigenvalue weighted by Crippen LogP contribution is -3.12. The van der Waals surface area contributed by atoms with E-state index in [-0.39, 0.29) is 5.91 Å². The molecule has 160 valence electrons. The molecule has 0 saturated heterocycles. The highest BCUT2D eigenvalue weighted by molar-refractivity contribution is 7.22. The Morgan fingerprint density at radius 1 is 1.10 bits per heavy atom. The minimum atomic E-state index is 0.00901. The van der Waals surface area contributed by atoms with Crippen molar-refractivity contribution < 1.29 is 14.4 Å². The molecular formula is C24H32N3O2S+. The molecule has 0 radical (unpaired) electrons. The Morgan fingerprint density at radius 2 is 1.83 bits per heavy atom. The number of ether oxygens (including phenoxy) is 1. The monoisotopic (exact) mass is 426 g/mol. The predicted molar refractivity (Wildman–Crippen MR) is 125 cm³/mol. The summed E-state index contributed by atoms with van der Waals surface area (Å²) in [5, 5.41) is 0.731. The van der Waals surface area contributed by atoms with Crippen molar-refractivity contribution in [1.82, 2.24) is 4.98 Å². The fourth-order valence-electron chi connectivity index (χ4n) is 3.74. The van der Waals surface area contributed by atoms with Gasteiger partial charge in [-0.15, -0.1) is 0 Å². The van der Waals surface area contributed by atoms with Gasteiger partial charge in [0.1, 0.15) is 11.3 Å². The standard InChI is InChI=1S/C24H31N3O2S/c1-7-26(8-2)13-14-27(23(28)19-11-9-16(3)15-18(19)5)24-25-21-20(29-6)12-10-17(4)22(21)30-24/h9-12,15H,7-8,13-14H2,1-6H3/p+1. The number of thiazole rings is 1. The van der Waals surface area contributed by atoms with Crippen molar-refractivity contribution in [3.8, 4) is 5.75 Å². The number of amides is 1. The fraction of sp³-hybridized carbons (Fsp3) is 0.417. The summed E-state index contributed by atoms with van der Waals surface area (Å²) in [6.07, 6.45) is 0. The van der Waals surface area contributed by atoms with Gasteiger partial charge in [-0.2, -0.15) is 0 Å². The summed E-state index contributed by atoms with van der Waals surface area (Å²) < 4.78 is 6.59. The van der Waals surface area contributed by atoms with Gasteiger partial charge in [-0.05, 0) is 57.9 Å². The molecule has 0 aliphatic carbocycles. The van der Waals surface area contributed by atoms with Crippen LogP contribution in [0.25, 0.3) is 10.2 Å². The quantitative estimate of drug-likeness (QED) is 0.596. The van der Waals surface area contributed by atoms with E-state index < -0.39 is 0 Å². The van der Waals surface area contributed by atoms with Gasteiger partial charge in [0, 0.05) is 5.56 Å². The SMILES string of the molecule is CC[NH+](CC)CCN(C(=O)c1ccc(C)cc1C)c1nc2c(OC)ccc(C)c2s1. The van der Waals surface area contributed by atoms with E-state index in [0.29, 0.717) is 6.54 Å². The minimum Gasteiger partial charge on any atom is -0.494 e. The molecule has 1 heterocycles. The highest BCUT2D eigenvalue weighted by Crippen LogP contribution is 2.36. The number of carbonyl (C=O) groups excluding carboxylic acids is 1. The van der Waals surface area contributed by atoms with Crippen molar-refractivity contribution in [2.45, 2.75) is 34.6 Å². The molecule has 6 heteroatoms. The summed E-state index contributed by atoms with van der Waals surface area (Å²) >= 11 is 1.57.